The van der Waals surface area contributed by atoms with Crippen molar-refractivity contribution in [1.82, 2.24) is 9.80 Å². The number of nitrogens with zero attached hydrogens (tertiary/aromatic N) is 2. The molecular weight excluding hydrogens is 493 g/mol. The third-order valence-corrected chi connectivity index (χ3v) is 9.96. The van der Waals surface area contributed by atoms with Gasteiger partial charge in [-0.3, -0.25) is 9.80 Å². The quantitative estimate of drug-likeness (QED) is 0.160. The molecule has 4 nitrogen and oxygen atoms in total. The summed E-state index contributed by atoms with van der Waals surface area (Å²) in [5, 5.41) is 10.6. The van der Waals surface area contributed by atoms with E-state index in [1.165, 1.54) is 47.3 Å². The standard InChI is InChI=1S/C28H36N2O2S3/c1-3-4-5-6-7-25-27(34-35-28(25)33)22-10-13-26(31)23(18-22)20-30-16-14-29(15-17-30)19-21-8-11-24(32-2)12-9-21/h8-13,18,31H,3-7,14-17,19-20H2,1-2H3. The highest BCUT2D eigenvalue weighted by Gasteiger charge is 2.19. The number of aromatic hydroxyl groups is 1. The number of methoxy groups -OCH3 is 1. The molecule has 2 heterocycles. The molecule has 1 fully saturated rings. The highest BCUT2D eigenvalue weighted by molar-refractivity contribution is 7.80. The minimum atomic E-state index is 0.387. The van der Waals surface area contributed by atoms with Crippen LogP contribution in [0.2, 0.25) is 0 Å². The van der Waals surface area contributed by atoms with Crippen molar-refractivity contribution in [3.05, 3.63) is 63.0 Å². The molecular formula is C28H36N2O2S3. The van der Waals surface area contributed by atoms with Crippen LogP contribution in [0.25, 0.3) is 10.4 Å². The van der Waals surface area contributed by atoms with Gasteiger partial charge in [-0.05, 0) is 59.9 Å². The Morgan fingerprint density at radius 2 is 1.63 bits per heavy atom. The van der Waals surface area contributed by atoms with Gasteiger partial charge in [-0.2, -0.15) is 0 Å². The van der Waals surface area contributed by atoms with E-state index in [1.54, 1.807) is 27.8 Å². The van der Waals surface area contributed by atoms with Crippen molar-refractivity contribution >= 4 is 32.9 Å². The zero-order valence-corrected chi connectivity index (χ0v) is 23.2. The van der Waals surface area contributed by atoms with Crippen molar-refractivity contribution < 1.29 is 9.84 Å². The fourth-order valence-electron chi connectivity index (χ4n) is 4.63. The number of hydrogen-bond acceptors (Lipinski definition) is 7. The average Bonchev–Trinajstić information content (AvgIpc) is 3.25. The van der Waals surface area contributed by atoms with Crippen LogP contribution in [-0.4, -0.2) is 48.2 Å². The zero-order chi connectivity index (χ0) is 24.6. The number of unbranched alkanes of at least 4 members (excludes halogenated alkanes) is 3. The lowest BCUT2D eigenvalue weighted by molar-refractivity contribution is 0.121. The zero-order valence-electron chi connectivity index (χ0n) is 20.8. The number of ether oxygens (including phenoxy) is 1. The molecule has 0 aliphatic carbocycles. The van der Waals surface area contributed by atoms with Gasteiger partial charge in [0.2, 0.25) is 0 Å². The molecule has 1 aliphatic rings. The van der Waals surface area contributed by atoms with Gasteiger partial charge >= 0.3 is 0 Å². The first-order valence-electron chi connectivity index (χ1n) is 12.6. The van der Waals surface area contributed by atoms with Crippen molar-refractivity contribution in [2.45, 2.75) is 52.1 Å². The summed E-state index contributed by atoms with van der Waals surface area (Å²) < 4.78 is 6.30. The van der Waals surface area contributed by atoms with Crippen LogP contribution in [-0.2, 0) is 19.5 Å². The molecule has 1 N–H and O–H groups in total. The van der Waals surface area contributed by atoms with E-state index in [0.29, 0.717) is 5.75 Å². The lowest BCUT2D eigenvalue weighted by Gasteiger charge is -2.35. The monoisotopic (exact) mass is 528 g/mol. The Labute approximate surface area is 222 Å². The van der Waals surface area contributed by atoms with Gasteiger partial charge in [0, 0.05) is 44.8 Å². The SMILES string of the molecule is CCCCCCc1c(-c2ccc(O)c(CN3CCN(Cc4ccc(OC)cc4)CC3)c2)ssc1=S. The Bertz CT molecular complexity index is 1130. The van der Waals surface area contributed by atoms with Crippen molar-refractivity contribution in [2.75, 3.05) is 33.3 Å². The highest BCUT2D eigenvalue weighted by atomic mass is 32.9. The minimum absolute atomic E-state index is 0.387. The van der Waals surface area contributed by atoms with E-state index in [2.05, 4.69) is 41.0 Å². The average molecular weight is 529 g/mol. The number of rotatable bonds is 11. The van der Waals surface area contributed by atoms with Crippen LogP contribution in [0.5, 0.6) is 11.5 Å². The van der Waals surface area contributed by atoms with Crippen molar-refractivity contribution in [2.24, 2.45) is 0 Å². The van der Waals surface area contributed by atoms with Crippen molar-refractivity contribution in [3.8, 4) is 21.9 Å². The van der Waals surface area contributed by atoms with Crippen LogP contribution < -0.4 is 4.74 Å². The predicted molar refractivity (Wildman–Crippen MR) is 152 cm³/mol. The van der Waals surface area contributed by atoms with Gasteiger partial charge in [-0.15, -0.1) is 0 Å². The number of phenols is 1. The first kappa shape index (κ1) is 26.3. The molecule has 1 aromatic heterocycles. The number of hydrogen-bond donors (Lipinski definition) is 1. The van der Waals surface area contributed by atoms with E-state index in [9.17, 15) is 5.11 Å². The van der Waals surface area contributed by atoms with Crippen LogP contribution in [0.3, 0.4) is 0 Å². The summed E-state index contributed by atoms with van der Waals surface area (Å²) in [6.45, 7) is 8.04. The van der Waals surface area contributed by atoms with E-state index >= 15 is 0 Å². The maximum atomic E-state index is 10.6. The molecule has 0 amide bonds. The normalized spacial score (nSPS) is 14.9. The molecule has 0 bridgehead atoms. The van der Waals surface area contributed by atoms with Crippen molar-refractivity contribution in [3.63, 3.8) is 0 Å². The Hall–Kier alpha value is -1.77. The molecule has 0 unspecified atom stereocenters. The molecule has 0 spiro atoms. The molecule has 0 atom stereocenters. The number of piperazine rings is 1. The van der Waals surface area contributed by atoms with Gasteiger partial charge < -0.3 is 9.84 Å². The summed E-state index contributed by atoms with van der Waals surface area (Å²) in [5.41, 5.74) is 4.84. The molecule has 0 radical (unpaired) electrons. The Balaban J connectivity index is 1.36. The van der Waals surface area contributed by atoms with E-state index in [0.717, 1.165) is 60.8 Å². The highest BCUT2D eigenvalue weighted by Crippen LogP contribution is 2.37. The second-order valence-corrected chi connectivity index (χ2v) is 12.1. The largest absolute Gasteiger partial charge is 0.508 e. The summed E-state index contributed by atoms with van der Waals surface area (Å²) in [5.74, 6) is 1.29. The third-order valence-electron chi connectivity index (χ3n) is 6.77. The smallest absolute Gasteiger partial charge is 0.120 e. The Morgan fingerprint density at radius 3 is 2.31 bits per heavy atom. The van der Waals surface area contributed by atoms with E-state index in [-0.39, 0.29) is 0 Å². The summed E-state index contributed by atoms with van der Waals surface area (Å²) in [4.78, 5) is 6.24. The predicted octanol–water partition coefficient (Wildman–Crippen LogP) is 7.36. The second kappa shape index (κ2) is 13.0. The molecule has 188 valence electrons. The summed E-state index contributed by atoms with van der Waals surface area (Å²) in [6.07, 6.45) is 6.04. The molecule has 1 aliphatic heterocycles. The Morgan fingerprint density at radius 1 is 0.914 bits per heavy atom. The number of phenolic OH excluding ortho intramolecular Hbond substituents is 1. The molecule has 7 heteroatoms. The fourth-order valence-corrected chi connectivity index (χ4v) is 7.63. The molecule has 2 aromatic carbocycles. The number of benzene rings is 2. The van der Waals surface area contributed by atoms with Crippen LogP contribution in [0.4, 0.5) is 0 Å². The second-order valence-electron chi connectivity index (χ2n) is 9.32. The molecule has 1 saturated heterocycles. The van der Waals surface area contributed by atoms with Crippen molar-refractivity contribution in [1.29, 1.82) is 0 Å². The summed E-state index contributed by atoms with van der Waals surface area (Å²) in [6, 6.07) is 14.4. The van der Waals surface area contributed by atoms with E-state index in [4.69, 9.17) is 17.0 Å². The van der Waals surface area contributed by atoms with Gasteiger partial charge in [-0.25, -0.2) is 0 Å². The summed E-state index contributed by atoms with van der Waals surface area (Å²) >= 11 is 5.67. The van der Waals surface area contributed by atoms with E-state index in [1.807, 2.05) is 18.2 Å². The van der Waals surface area contributed by atoms with E-state index < -0.39 is 0 Å². The summed E-state index contributed by atoms with van der Waals surface area (Å²) in [7, 11) is 5.20. The van der Waals surface area contributed by atoms with Crippen LogP contribution in [0, 0.1) is 3.82 Å². The van der Waals surface area contributed by atoms with Gasteiger partial charge in [0.1, 0.15) is 15.3 Å². The van der Waals surface area contributed by atoms with Crippen LogP contribution in [0.15, 0.2) is 42.5 Å². The first-order chi connectivity index (χ1) is 17.1. The van der Waals surface area contributed by atoms with Crippen LogP contribution >= 0.6 is 32.9 Å². The lowest BCUT2D eigenvalue weighted by atomic mass is 10.0. The molecule has 35 heavy (non-hydrogen) atoms. The third kappa shape index (κ3) is 7.14. The maximum absolute atomic E-state index is 10.6. The van der Waals surface area contributed by atoms with Crippen LogP contribution in [0.1, 0.15) is 49.3 Å². The van der Waals surface area contributed by atoms with Gasteiger partial charge in [-0.1, -0.05) is 71.2 Å². The molecule has 0 saturated carbocycles. The molecule has 3 aromatic rings. The minimum Gasteiger partial charge on any atom is -0.508 e. The Kier molecular flexibility index (Phi) is 9.75. The van der Waals surface area contributed by atoms with Gasteiger partial charge in [0.05, 0.1) is 12.0 Å². The van der Waals surface area contributed by atoms with Gasteiger partial charge in [0.25, 0.3) is 0 Å². The van der Waals surface area contributed by atoms with Gasteiger partial charge in [0.15, 0.2) is 0 Å². The fraction of sp³-hybridized carbons (Fsp3) is 0.464. The maximum Gasteiger partial charge on any atom is 0.120 e. The first-order valence-corrected chi connectivity index (χ1v) is 15.1. The topological polar surface area (TPSA) is 35.9 Å². The molecule has 4 rings (SSSR count). The lowest BCUT2D eigenvalue weighted by Crippen LogP contribution is -2.45.